The van der Waals surface area contributed by atoms with E-state index in [0.717, 1.165) is 83.5 Å². The molecule has 0 aromatic carbocycles. The third-order valence-electron chi connectivity index (χ3n) is 6.63. The van der Waals surface area contributed by atoms with Crippen LogP contribution in [0.2, 0.25) is 0 Å². The van der Waals surface area contributed by atoms with E-state index in [1.54, 1.807) is 6.20 Å². The first-order valence-corrected chi connectivity index (χ1v) is 10.7. The Morgan fingerprint density at radius 3 is 2.43 bits per heavy atom. The summed E-state index contributed by atoms with van der Waals surface area (Å²) in [5.74, 6) is 0.572. The van der Waals surface area contributed by atoms with Gasteiger partial charge in [-0.2, -0.15) is 0 Å². The van der Waals surface area contributed by atoms with E-state index in [1.165, 1.54) is 6.33 Å². The molecule has 2 amide bonds. The lowest BCUT2D eigenvalue weighted by Crippen LogP contribution is -2.51. The SMILES string of the molecule is Cc1ncncc1C(=O)N1CCC(N2CCC[C@@H](C(=O)N3CCCC3)C2)CC1. The normalized spacial score (nSPS) is 24.5. The van der Waals surface area contributed by atoms with Crippen LogP contribution in [-0.2, 0) is 4.79 Å². The number of carbonyl (C=O) groups is 2. The first kappa shape index (κ1) is 19.3. The summed E-state index contributed by atoms with van der Waals surface area (Å²) in [6, 6.07) is 0.478. The molecule has 4 rings (SSSR count). The molecule has 0 unspecified atom stereocenters. The molecule has 3 aliphatic heterocycles. The van der Waals surface area contributed by atoms with Crippen molar-refractivity contribution in [3.05, 3.63) is 23.8 Å². The number of rotatable bonds is 3. The third kappa shape index (κ3) is 4.04. The maximum atomic E-state index is 12.8. The fourth-order valence-electron chi connectivity index (χ4n) is 4.94. The smallest absolute Gasteiger partial charge is 0.257 e. The molecule has 0 spiro atoms. The van der Waals surface area contributed by atoms with Crippen LogP contribution < -0.4 is 0 Å². The van der Waals surface area contributed by atoms with Crippen LogP contribution in [0, 0.1) is 12.8 Å². The zero-order chi connectivity index (χ0) is 19.5. The van der Waals surface area contributed by atoms with Gasteiger partial charge in [0.15, 0.2) is 0 Å². The van der Waals surface area contributed by atoms with Crippen molar-refractivity contribution in [1.29, 1.82) is 0 Å². The van der Waals surface area contributed by atoms with Gasteiger partial charge in [0.05, 0.1) is 17.2 Å². The van der Waals surface area contributed by atoms with E-state index in [0.29, 0.717) is 17.5 Å². The maximum Gasteiger partial charge on any atom is 0.257 e. The Morgan fingerprint density at radius 1 is 0.964 bits per heavy atom. The van der Waals surface area contributed by atoms with Gasteiger partial charge in [-0.15, -0.1) is 0 Å². The fraction of sp³-hybridized carbons (Fsp3) is 0.714. The zero-order valence-electron chi connectivity index (χ0n) is 16.8. The lowest BCUT2D eigenvalue weighted by molar-refractivity contribution is -0.136. The number of aromatic nitrogens is 2. The number of nitrogens with zero attached hydrogens (tertiary/aromatic N) is 5. The summed E-state index contributed by atoms with van der Waals surface area (Å²) in [6.45, 7) is 7.23. The van der Waals surface area contributed by atoms with E-state index < -0.39 is 0 Å². The molecule has 0 bridgehead atoms. The molecular weight excluding hydrogens is 354 g/mol. The molecule has 1 atom stereocenters. The Kier molecular flexibility index (Phi) is 5.90. The van der Waals surface area contributed by atoms with Crippen LogP contribution in [0.3, 0.4) is 0 Å². The fourth-order valence-corrected chi connectivity index (χ4v) is 4.94. The summed E-state index contributed by atoms with van der Waals surface area (Å²) in [5.41, 5.74) is 1.34. The summed E-state index contributed by atoms with van der Waals surface area (Å²) in [6.07, 6.45) is 9.48. The van der Waals surface area contributed by atoms with Crippen LogP contribution in [-0.4, -0.2) is 81.8 Å². The average molecular weight is 386 g/mol. The second kappa shape index (κ2) is 8.55. The standard InChI is InChI=1S/C21H31N5O2/c1-16-19(13-22-15-23-16)21(28)25-11-6-18(7-12-25)26-10-4-5-17(14-26)20(27)24-8-2-3-9-24/h13,15,17-18H,2-12,14H2,1H3/t17-/m1/s1. The Balaban J connectivity index is 1.31. The van der Waals surface area contributed by atoms with Crippen molar-refractivity contribution in [3.63, 3.8) is 0 Å². The van der Waals surface area contributed by atoms with Crippen LogP contribution in [0.1, 0.15) is 54.6 Å². The Morgan fingerprint density at radius 2 is 1.71 bits per heavy atom. The second-order valence-corrected chi connectivity index (χ2v) is 8.41. The number of likely N-dealkylation sites (tertiary alicyclic amines) is 3. The second-order valence-electron chi connectivity index (χ2n) is 8.41. The highest BCUT2D eigenvalue weighted by atomic mass is 16.2. The van der Waals surface area contributed by atoms with E-state index in [1.807, 2.05) is 11.8 Å². The van der Waals surface area contributed by atoms with Crippen molar-refractivity contribution in [1.82, 2.24) is 24.7 Å². The minimum absolute atomic E-state index is 0.0391. The first-order chi connectivity index (χ1) is 13.6. The van der Waals surface area contributed by atoms with Crippen molar-refractivity contribution in [2.24, 2.45) is 5.92 Å². The van der Waals surface area contributed by atoms with E-state index in [4.69, 9.17) is 0 Å². The minimum Gasteiger partial charge on any atom is -0.342 e. The van der Waals surface area contributed by atoms with E-state index in [-0.39, 0.29) is 11.8 Å². The molecule has 3 fully saturated rings. The maximum absolute atomic E-state index is 12.8. The van der Waals surface area contributed by atoms with Crippen molar-refractivity contribution in [2.75, 3.05) is 39.3 Å². The van der Waals surface area contributed by atoms with Gasteiger partial charge in [-0.25, -0.2) is 9.97 Å². The topological polar surface area (TPSA) is 69.6 Å². The van der Waals surface area contributed by atoms with Crippen LogP contribution in [0.25, 0.3) is 0 Å². The predicted octanol–water partition coefficient (Wildman–Crippen LogP) is 1.72. The Hall–Kier alpha value is -2.02. The first-order valence-electron chi connectivity index (χ1n) is 10.7. The van der Waals surface area contributed by atoms with Crippen molar-refractivity contribution in [2.45, 2.75) is 51.5 Å². The quantitative estimate of drug-likeness (QED) is 0.792. The van der Waals surface area contributed by atoms with Gasteiger partial charge in [0.25, 0.3) is 5.91 Å². The number of amides is 2. The molecule has 4 heterocycles. The Bertz CT molecular complexity index is 711. The number of hydrogen-bond donors (Lipinski definition) is 0. The zero-order valence-corrected chi connectivity index (χ0v) is 16.8. The molecule has 28 heavy (non-hydrogen) atoms. The van der Waals surface area contributed by atoms with Crippen molar-refractivity contribution in [3.8, 4) is 0 Å². The largest absolute Gasteiger partial charge is 0.342 e. The monoisotopic (exact) mass is 385 g/mol. The summed E-state index contributed by atoms with van der Waals surface area (Å²) in [7, 11) is 0. The molecule has 3 aliphatic rings. The molecule has 7 nitrogen and oxygen atoms in total. The average Bonchev–Trinajstić information content (AvgIpc) is 3.28. The Labute approximate surface area is 167 Å². The highest BCUT2D eigenvalue weighted by Gasteiger charge is 2.35. The molecule has 0 saturated carbocycles. The van der Waals surface area contributed by atoms with E-state index in [9.17, 15) is 9.59 Å². The molecule has 7 heteroatoms. The van der Waals surface area contributed by atoms with Gasteiger partial charge in [0.2, 0.25) is 5.91 Å². The van der Waals surface area contributed by atoms with Gasteiger partial charge >= 0.3 is 0 Å². The summed E-state index contributed by atoms with van der Waals surface area (Å²) >= 11 is 0. The lowest BCUT2D eigenvalue weighted by Gasteiger charge is -2.42. The molecule has 1 aromatic rings. The van der Waals surface area contributed by atoms with Crippen LogP contribution in [0.4, 0.5) is 0 Å². The minimum atomic E-state index is 0.0391. The predicted molar refractivity (Wildman–Crippen MR) is 106 cm³/mol. The molecule has 0 aliphatic carbocycles. The molecule has 3 saturated heterocycles. The van der Waals surface area contributed by atoms with Crippen molar-refractivity contribution >= 4 is 11.8 Å². The van der Waals surface area contributed by atoms with E-state index >= 15 is 0 Å². The summed E-state index contributed by atoms with van der Waals surface area (Å²) in [4.78, 5) is 40.2. The summed E-state index contributed by atoms with van der Waals surface area (Å²) in [5, 5.41) is 0. The van der Waals surface area contributed by atoms with Crippen molar-refractivity contribution < 1.29 is 9.59 Å². The molecule has 0 radical (unpaired) electrons. The number of hydrogen-bond acceptors (Lipinski definition) is 5. The number of piperidine rings is 2. The third-order valence-corrected chi connectivity index (χ3v) is 6.63. The molecule has 0 N–H and O–H groups in total. The van der Waals surface area contributed by atoms with Gasteiger partial charge in [-0.3, -0.25) is 14.5 Å². The highest BCUT2D eigenvalue weighted by molar-refractivity contribution is 5.94. The number of carbonyl (C=O) groups excluding carboxylic acids is 2. The van der Waals surface area contributed by atoms with Gasteiger partial charge in [0, 0.05) is 45.0 Å². The van der Waals surface area contributed by atoms with E-state index in [2.05, 4.69) is 19.8 Å². The van der Waals surface area contributed by atoms with Crippen LogP contribution >= 0.6 is 0 Å². The van der Waals surface area contributed by atoms with Gasteiger partial charge < -0.3 is 9.80 Å². The van der Waals surface area contributed by atoms with Crippen LogP contribution in [0.15, 0.2) is 12.5 Å². The summed E-state index contributed by atoms with van der Waals surface area (Å²) < 4.78 is 0. The molecular formula is C21H31N5O2. The van der Waals surface area contributed by atoms with Gasteiger partial charge in [-0.1, -0.05) is 0 Å². The highest BCUT2D eigenvalue weighted by Crippen LogP contribution is 2.26. The van der Waals surface area contributed by atoms with Gasteiger partial charge in [0.1, 0.15) is 6.33 Å². The number of aryl methyl sites for hydroxylation is 1. The van der Waals surface area contributed by atoms with Gasteiger partial charge in [-0.05, 0) is 52.0 Å². The molecule has 152 valence electrons. The molecule has 1 aromatic heterocycles. The van der Waals surface area contributed by atoms with Crippen LogP contribution in [0.5, 0.6) is 0 Å². The lowest BCUT2D eigenvalue weighted by atomic mass is 9.92.